The number of rotatable bonds is 4. The van der Waals surface area contributed by atoms with E-state index in [2.05, 4.69) is 6.58 Å². The van der Waals surface area contributed by atoms with Gasteiger partial charge in [0.15, 0.2) is 0 Å². The summed E-state index contributed by atoms with van der Waals surface area (Å²) in [5.74, 6) is 1.20. The summed E-state index contributed by atoms with van der Waals surface area (Å²) >= 11 is 0. The van der Waals surface area contributed by atoms with Crippen molar-refractivity contribution in [1.82, 2.24) is 0 Å². The van der Waals surface area contributed by atoms with Gasteiger partial charge in [0.1, 0.15) is 17.8 Å². The molecule has 1 rings (SSSR count). The topological polar surface area (TPSA) is 35.5 Å². The highest BCUT2D eigenvalue weighted by Crippen LogP contribution is 2.34. The Hall–Kier alpha value is -1.77. The Kier molecular flexibility index (Phi) is 3.50. The Labute approximate surface area is 89.3 Å². The molecule has 0 aliphatic rings. The number of benzene rings is 1. The van der Waals surface area contributed by atoms with Gasteiger partial charge in [-0.15, -0.1) is 0 Å². The van der Waals surface area contributed by atoms with E-state index in [0.717, 1.165) is 17.4 Å². The third-order valence-corrected chi connectivity index (χ3v) is 2.09. The summed E-state index contributed by atoms with van der Waals surface area (Å²) in [7, 11) is 3.10. The lowest BCUT2D eigenvalue weighted by Gasteiger charge is -2.13. The third-order valence-electron chi connectivity index (χ3n) is 2.09. The van der Waals surface area contributed by atoms with Gasteiger partial charge in [0.2, 0.25) is 0 Å². The SMILES string of the molecule is C=C(C)c1c(OC)cc(C=O)cc1OC. The van der Waals surface area contributed by atoms with E-state index < -0.39 is 0 Å². The second-order valence-corrected chi connectivity index (χ2v) is 3.20. The minimum Gasteiger partial charge on any atom is -0.496 e. The van der Waals surface area contributed by atoms with E-state index in [1.807, 2.05) is 6.92 Å². The van der Waals surface area contributed by atoms with Crippen LogP contribution in [0.15, 0.2) is 18.7 Å². The van der Waals surface area contributed by atoms with Gasteiger partial charge in [-0.2, -0.15) is 0 Å². The van der Waals surface area contributed by atoms with E-state index in [-0.39, 0.29) is 0 Å². The number of aldehydes is 1. The lowest BCUT2D eigenvalue weighted by molar-refractivity contribution is 0.112. The summed E-state index contributed by atoms with van der Waals surface area (Å²) in [5.41, 5.74) is 2.15. The van der Waals surface area contributed by atoms with Gasteiger partial charge in [-0.25, -0.2) is 0 Å². The molecule has 0 amide bonds. The number of ether oxygens (including phenoxy) is 2. The number of carbonyl (C=O) groups excluding carboxylic acids is 1. The van der Waals surface area contributed by atoms with Crippen molar-refractivity contribution in [2.24, 2.45) is 0 Å². The van der Waals surface area contributed by atoms with Crippen molar-refractivity contribution in [3.63, 3.8) is 0 Å². The maximum atomic E-state index is 10.7. The van der Waals surface area contributed by atoms with Crippen molar-refractivity contribution in [2.75, 3.05) is 14.2 Å². The summed E-state index contributed by atoms with van der Waals surface area (Å²) in [6.07, 6.45) is 0.757. The lowest BCUT2D eigenvalue weighted by Crippen LogP contribution is -1.96. The van der Waals surface area contributed by atoms with E-state index in [1.54, 1.807) is 26.4 Å². The van der Waals surface area contributed by atoms with Gasteiger partial charge in [-0.1, -0.05) is 6.58 Å². The standard InChI is InChI=1S/C12H14O3/c1-8(2)12-10(14-3)5-9(7-13)6-11(12)15-4/h5-7H,1H2,2-4H3. The summed E-state index contributed by atoms with van der Waals surface area (Å²) in [6.45, 7) is 5.71. The van der Waals surface area contributed by atoms with E-state index in [4.69, 9.17) is 9.47 Å². The highest BCUT2D eigenvalue weighted by atomic mass is 16.5. The Morgan fingerprint density at radius 2 is 1.73 bits per heavy atom. The molecule has 3 heteroatoms. The molecule has 0 saturated carbocycles. The van der Waals surface area contributed by atoms with Crippen molar-refractivity contribution in [2.45, 2.75) is 6.92 Å². The molecule has 0 bridgehead atoms. The second kappa shape index (κ2) is 4.64. The quantitative estimate of drug-likeness (QED) is 0.710. The van der Waals surface area contributed by atoms with Crippen LogP contribution in [0.2, 0.25) is 0 Å². The van der Waals surface area contributed by atoms with E-state index in [1.165, 1.54) is 0 Å². The van der Waals surface area contributed by atoms with Crippen molar-refractivity contribution >= 4 is 11.9 Å². The number of hydrogen-bond donors (Lipinski definition) is 0. The van der Waals surface area contributed by atoms with E-state index in [9.17, 15) is 4.79 Å². The van der Waals surface area contributed by atoms with Crippen molar-refractivity contribution in [3.8, 4) is 11.5 Å². The molecule has 0 aliphatic carbocycles. The van der Waals surface area contributed by atoms with Crippen LogP contribution in [0.25, 0.3) is 5.57 Å². The molecular formula is C12H14O3. The molecular weight excluding hydrogens is 192 g/mol. The zero-order valence-corrected chi connectivity index (χ0v) is 9.16. The van der Waals surface area contributed by atoms with Crippen LogP contribution in [-0.2, 0) is 0 Å². The minimum atomic E-state index is 0.522. The van der Waals surface area contributed by atoms with Gasteiger partial charge in [-0.05, 0) is 24.6 Å². The molecule has 0 radical (unpaired) electrons. The molecule has 0 unspecified atom stereocenters. The van der Waals surface area contributed by atoms with E-state index in [0.29, 0.717) is 17.1 Å². The molecule has 15 heavy (non-hydrogen) atoms. The Morgan fingerprint density at radius 1 is 1.27 bits per heavy atom. The van der Waals surface area contributed by atoms with Crippen molar-refractivity contribution in [3.05, 3.63) is 29.8 Å². The lowest BCUT2D eigenvalue weighted by atomic mass is 10.0. The summed E-state index contributed by atoms with van der Waals surface area (Å²) in [6, 6.07) is 3.33. The summed E-state index contributed by atoms with van der Waals surface area (Å²) in [4.78, 5) is 10.7. The van der Waals surface area contributed by atoms with Gasteiger partial charge in [0, 0.05) is 5.56 Å². The van der Waals surface area contributed by atoms with Gasteiger partial charge < -0.3 is 9.47 Å². The van der Waals surface area contributed by atoms with Crippen LogP contribution in [0, 0.1) is 0 Å². The molecule has 0 heterocycles. The zero-order chi connectivity index (χ0) is 11.4. The normalized spacial score (nSPS) is 9.53. The fraction of sp³-hybridized carbons (Fsp3) is 0.250. The maximum absolute atomic E-state index is 10.7. The highest BCUT2D eigenvalue weighted by Gasteiger charge is 2.12. The molecule has 0 aliphatic heterocycles. The Balaban J connectivity index is 3.45. The first-order chi connectivity index (χ1) is 7.13. The minimum absolute atomic E-state index is 0.522. The first-order valence-electron chi connectivity index (χ1n) is 4.51. The monoisotopic (exact) mass is 206 g/mol. The Morgan fingerprint density at radius 3 is 2.00 bits per heavy atom. The number of hydrogen-bond acceptors (Lipinski definition) is 3. The molecule has 1 aromatic carbocycles. The second-order valence-electron chi connectivity index (χ2n) is 3.20. The third kappa shape index (κ3) is 2.18. The molecule has 0 N–H and O–H groups in total. The molecule has 3 nitrogen and oxygen atoms in total. The average molecular weight is 206 g/mol. The number of carbonyl (C=O) groups is 1. The van der Waals surface area contributed by atoms with Crippen molar-refractivity contribution < 1.29 is 14.3 Å². The first-order valence-corrected chi connectivity index (χ1v) is 4.51. The molecule has 0 saturated heterocycles. The fourth-order valence-electron chi connectivity index (χ4n) is 1.42. The van der Waals surface area contributed by atoms with Gasteiger partial charge >= 0.3 is 0 Å². The predicted octanol–water partition coefficient (Wildman–Crippen LogP) is 2.55. The summed E-state index contributed by atoms with van der Waals surface area (Å²) < 4.78 is 10.4. The van der Waals surface area contributed by atoms with Crippen LogP contribution < -0.4 is 9.47 Å². The van der Waals surface area contributed by atoms with Crippen LogP contribution in [0.5, 0.6) is 11.5 Å². The molecule has 0 aromatic heterocycles. The van der Waals surface area contributed by atoms with Gasteiger partial charge in [0.05, 0.1) is 19.8 Å². The zero-order valence-electron chi connectivity index (χ0n) is 9.16. The van der Waals surface area contributed by atoms with Crippen LogP contribution >= 0.6 is 0 Å². The molecule has 0 spiro atoms. The molecule has 80 valence electrons. The predicted molar refractivity (Wildman–Crippen MR) is 59.6 cm³/mol. The maximum Gasteiger partial charge on any atom is 0.150 e. The molecule has 1 aromatic rings. The summed E-state index contributed by atoms with van der Waals surface area (Å²) in [5, 5.41) is 0. The van der Waals surface area contributed by atoms with Crippen LogP contribution in [0.4, 0.5) is 0 Å². The molecule has 0 fully saturated rings. The van der Waals surface area contributed by atoms with Gasteiger partial charge in [-0.3, -0.25) is 4.79 Å². The van der Waals surface area contributed by atoms with Crippen LogP contribution in [0.3, 0.4) is 0 Å². The largest absolute Gasteiger partial charge is 0.496 e. The molecule has 0 atom stereocenters. The van der Waals surface area contributed by atoms with E-state index >= 15 is 0 Å². The highest BCUT2D eigenvalue weighted by molar-refractivity contribution is 5.82. The number of methoxy groups -OCH3 is 2. The van der Waals surface area contributed by atoms with Gasteiger partial charge in [0.25, 0.3) is 0 Å². The van der Waals surface area contributed by atoms with Crippen LogP contribution in [-0.4, -0.2) is 20.5 Å². The van der Waals surface area contributed by atoms with Crippen LogP contribution in [0.1, 0.15) is 22.8 Å². The number of allylic oxidation sites excluding steroid dienone is 1. The Bertz CT molecular complexity index is 369. The van der Waals surface area contributed by atoms with Crippen molar-refractivity contribution in [1.29, 1.82) is 0 Å². The fourth-order valence-corrected chi connectivity index (χ4v) is 1.42. The smallest absolute Gasteiger partial charge is 0.150 e. The average Bonchev–Trinajstić information content (AvgIpc) is 2.26. The first kappa shape index (κ1) is 11.3.